The number of fused-ring (bicyclic) bond motifs is 1. The van der Waals surface area contributed by atoms with E-state index in [9.17, 15) is 17.6 Å². The third-order valence-corrected chi connectivity index (χ3v) is 4.84. The van der Waals surface area contributed by atoms with Crippen LogP contribution in [0.25, 0.3) is 0 Å². The summed E-state index contributed by atoms with van der Waals surface area (Å²) in [5, 5.41) is 7.63. The van der Waals surface area contributed by atoms with E-state index in [2.05, 4.69) is 0 Å². The molecule has 0 fully saturated rings. The van der Waals surface area contributed by atoms with Crippen LogP contribution in [0.2, 0.25) is 0 Å². The quantitative estimate of drug-likeness (QED) is 0.788. The summed E-state index contributed by atoms with van der Waals surface area (Å²) in [6.07, 6.45) is -0.375. The fraction of sp³-hybridized carbons (Fsp3) is 0.300. The van der Waals surface area contributed by atoms with Gasteiger partial charge >= 0.3 is 5.97 Å². The number of benzene rings is 1. The normalized spacial score (nSPS) is 21.7. The SMILES string of the molecule is O=C(O)CC1Cc2cc(F)ccc2S1(=O)=O. The highest BCUT2D eigenvalue weighted by molar-refractivity contribution is 7.92. The van der Waals surface area contributed by atoms with E-state index < -0.39 is 33.3 Å². The summed E-state index contributed by atoms with van der Waals surface area (Å²) in [5.41, 5.74) is 0.367. The maximum absolute atomic E-state index is 12.9. The molecule has 1 aromatic rings. The Balaban J connectivity index is 2.45. The summed E-state index contributed by atoms with van der Waals surface area (Å²) in [6.45, 7) is 0. The fourth-order valence-electron chi connectivity index (χ4n) is 1.90. The van der Waals surface area contributed by atoms with Gasteiger partial charge in [-0.2, -0.15) is 0 Å². The van der Waals surface area contributed by atoms with E-state index in [4.69, 9.17) is 5.11 Å². The number of hydrogen-bond donors (Lipinski definition) is 1. The third kappa shape index (κ3) is 1.69. The van der Waals surface area contributed by atoms with Crippen LogP contribution in [0.4, 0.5) is 4.39 Å². The first kappa shape index (κ1) is 11.1. The average molecular weight is 244 g/mol. The van der Waals surface area contributed by atoms with Crippen LogP contribution in [-0.2, 0) is 21.1 Å². The van der Waals surface area contributed by atoms with E-state index >= 15 is 0 Å². The van der Waals surface area contributed by atoms with Crippen molar-refractivity contribution in [2.24, 2.45) is 0 Å². The Bertz CT molecular complexity index is 550. The minimum absolute atomic E-state index is 0.0557. The summed E-state index contributed by atoms with van der Waals surface area (Å²) >= 11 is 0. The van der Waals surface area contributed by atoms with Crippen molar-refractivity contribution in [3.63, 3.8) is 0 Å². The van der Waals surface area contributed by atoms with Crippen molar-refractivity contribution in [3.8, 4) is 0 Å². The van der Waals surface area contributed by atoms with Gasteiger partial charge < -0.3 is 5.11 Å². The molecule has 16 heavy (non-hydrogen) atoms. The monoisotopic (exact) mass is 244 g/mol. The molecule has 0 saturated carbocycles. The molecule has 1 heterocycles. The smallest absolute Gasteiger partial charge is 0.304 e. The van der Waals surface area contributed by atoms with Crippen molar-refractivity contribution >= 4 is 15.8 Å². The van der Waals surface area contributed by atoms with Crippen LogP contribution in [-0.4, -0.2) is 24.7 Å². The number of hydrogen-bond acceptors (Lipinski definition) is 3. The second-order valence-corrected chi connectivity index (χ2v) is 5.92. The molecule has 4 nitrogen and oxygen atoms in total. The van der Waals surface area contributed by atoms with Crippen LogP contribution in [0.15, 0.2) is 23.1 Å². The van der Waals surface area contributed by atoms with Crippen LogP contribution in [0.5, 0.6) is 0 Å². The number of aliphatic carboxylic acids is 1. The van der Waals surface area contributed by atoms with Gasteiger partial charge in [0.15, 0.2) is 9.84 Å². The lowest BCUT2D eigenvalue weighted by Crippen LogP contribution is -2.20. The molecular formula is C10H9FO4S. The second kappa shape index (κ2) is 3.55. The molecule has 1 unspecified atom stereocenters. The first-order chi connectivity index (χ1) is 7.41. The molecule has 2 rings (SSSR count). The molecule has 1 aliphatic rings. The van der Waals surface area contributed by atoms with Crippen molar-refractivity contribution in [2.75, 3.05) is 0 Å². The predicted octanol–water partition coefficient (Wildman–Crippen LogP) is 0.999. The molecular weight excluding hydrogens is 235 g/mol. The van der Waals surface area contributed by atoms with E-state index in [1.807, 2.05) is 0 Å². The number of rotatable bonds is 2. The van der Waals surface area contributed by atoms with Crippen molar-refractivity contribution in [1.29, 1.82) is 0 Å². The topological polar surface area (TPSA) is 71.4 Å². The van der Waals surface area contributed by atoms with E-state index in [0.717, 1.165) is 12.1 Å². The van der Waals surface area contributed by atoms with Crippen LogP contribution in [0.3, 0.4) is 0 Å². The highest BCUT2D eigenvalue weighted by Crippen LogP contribution is 2.33. The van der Waals surface area contributed by atoms with Gasteiger partial charge in [0.2, 0.25) is 0 Å². The van der Waals surface area contributed by atoms with Gasteiger partial charge in [0.05, 0.1) is 16.6 Å². The van der Waals surface area contributed by atoms with Gasteiger partial charge in [-0.25, -0.2) is 12.8 Å². The zero-order valence-corrected chi connectivity index (χ0v) is 9.00. The zero-order valence-electron chi connectivity index (χ0n) is 8.18. The van der Waals surface area contributed by atoms with Gasteiger partial charge in [-0.05, 0) is 30.2 Å². The van der Waals surface area contributed by atoms with Gasteiger partial charge in [0, 0.05) is 0 Å². The standard InChI is InChI=1S/C10H9FO4S/c11-7-1-2-9-6(3-7)4-8(5-10(12)13)16(9,14)15/h1-3,8H,4-5H2,(H,12,13). The lowest BCUT2D eigenvalue weighted by atomic mass is 10.1. The maximum Gasteiger partial charge on any atom is 0.304 e. The van der Waals surface area contributed by atoms with Gasteiger partial charge in [0.1, 0.15) is 5.82 Å². The number of carboxylic acids is 1. The van der Waals surface area contributed by atoms with E-state index in [-0.39, 0.29) is 11.3 Å². The predicted molar refractivity (Wildman–Crippen MR) is 53.3 cm³/mol. The summed E-state index contributed by atoms with van der Waals surface area (Å²) in [5.74, 6) is -1.67. The highest BCUT2D eigenvalue weighted by atomic mass is 32.2. The molecule has 0 aromatic heterocycles. The Hall–Kier alpha value is -1.43. The number of halogens is 1. The lowest BCUT2D eigenvalue weighted by molar-refractivity contribution is -0.137. The van der Waals surface area contributed by atoms with Gasteiger partial charge in [-0.3, -0.25) is 4.79 Å². The summed E-state index contributed by atoms with van der Waals surface area (Å²) in [7, 11) is -3.61. The van der Waals surface area contributed by atoms with E-state index in [1.54, 1.807) is 0 Å². The first-order valence-electron chi connectivity index (χ1n) is 4.65. The van der Waals surface area contributed by atoms with Crippen molar-refractivity contribution in [1.82, 2.24) is 0 Å². The number of carboxylic acid groups (broad SMARTS) is 1. The van der Waals surface area contributed by atoms with Crippen molar-refractivity contribution in [2.45, 2.75) is 23.0 Å². The molecule has 86 valence electrons. The Morgan fingerprint density at radius 3 is 2.81 bits per heavy atom. The van der Waals surface area contributed by atoms with E-state index in [0.29, 0.717) is 5.56 Å². The molecule has 0 aliphatic carbocycles. The lowest BCUT2D eigenvalue weighted by Gasteiger charge is -2.04. The van der Waals surface area contributed by atoms with Crippen LogP contribution < -0.4 is 0 Å². The summed E-state index contributed by atoms with van der Waals surface area (Å²) in [4.78, 5) is 10.6. The largest absolute Gasteiger partial charge is 0.481 e. The molecule has 0 radical (unpaired) electrons. The van der Waals surface area contributed by atoms with Crippen LogP contribution >= 0.6 is 0 Å². The van der Waals surface area contributed by atoms with Gasteiger partial charge in [-0.1, -0.05) is 0 Å². The molecule has 0 bridgehead atoms. The van der Waals surface area contributed by atoms with Crippen LogP contribution in [0.1, 0.15) is 12.0 Å². The summed E-state index contributed by atoms with van der Waals surface area (Å²) in [6, 6.07) is 3.41. The van der Waals surface area contributed by atoms with E-state index in [1.165, 1.54) is 6.07 Å². The molecule has 1 aromatic carbocycles. The third-order valence-electron chi connectivity index (χ3n) is 2.62. The molecule has 1 aliphatic heterocycles. The number of sulfone groups is 1. The Morgan fingerprint density at radius 1 is 1.50 bits per heavy atom. The van der Waals surface area contributed by atoms with Gasteiger partial charge in [0.25, 0.3) is 0 Å². The Labute approximate surface area is 91.6 Å². The number of carbonyl (C=O) groups is 1. The van der Waals surface area contributed by atoms with Crippen LogP contribution in [0, 0.1) is 5.82 Å². The minimum Gasteiger partial charge on any atom is -0.481 e. The Morgan fingerprint density at radius 2 is 2.19 bits per heavy atom. The first-order valence-corrected chi connectivity index (χ1v) is 6.20. The minimum atomic E-state index is -3.61. The molecule has 0 saturated heterocycles. The molecule has 0 amide bonds. The van der Waals surface area contributed by atoms with Gasteiger partial charge in [-0.15, -0.1) is 0 Å². The molecule has 0 spiro atoms. The highest BCUT2D eigenvalue weighted by Gasteiger charge is 2.38. The molecule has 1 N–H and O–H groups in total. The van der Waals surface area contributed by atoms with Crippen molar-refractivity contribution < 1.29 is 22.7 Å². The van der Waals surface area contributed by atoms with Crippen molar-refractivity contribution in [3.05, 3.63) is 29.6 Å². The Kier molecular flexibility index (Phi) is 2.46. The second-order valence-electron chi connectivity index (χ2n) is 3.72. The molecule has 6 heteroatoms. The summed E-state index contributed by atoms with van der Waals surface area (Å²) < 4.78 is 36.6. The maximum atomic E-state index is 12.9. The molecule has 1 atom stereocenters. The zero-order chi connectivity index (χ0) is 11.9. The fourth-order valence-corrected chi connectivity index (χ4v) is 3.78. The average Bonchev–Trinajstić information content (AvgIpc) is 2.37.